The molecule has 0 aromatic heterocycles. The van der Waals surface area contributed by atoms with Gasteiger partial charge in [0.1, 0.15) is 5.75 Å². The second kappa shape index (κ2) is 7.91. The quantitative estimate of drug-likeness (QED) is 0.487. The molecule has 0 heterocycles. The highest BCUT2D eigenvalue weighted by molar-refractivity contribution is 7.88. The van der Waals surface area contributed by atoms with Gasteiger partial charge in [-0.05, 0) is 31.5 Å². The van der Waals surface area contributed by atoms with Gasteiger partial charge in [0.25, 0.3) is 0 Å². The zero-order valence-electron chi connectivity index (χ0n) is 14.0. The highest BCUT2D eigenvalue weighted by Gasteiger charge is 2.30. The van der Waals surface area contributed by atoms with Crippen molar-refractivity contribution in [3.63, 3.8) is 0 Å². The van der Waals surface area contributed by atoms with E-state index in [0.29, 0.717) is 5.56 Å². The van der Waals surface area contributed by atoms with Crippen molar-refractivity contribution < 1.29 is 26.3 Å². The van der Waals surface area contributed by atoms with Gasteiger partial charge in [0.2, 0.25) is 10.0 Å². The summed E-state index contributed by atoms with van der Waals surface area (Å²) in [5.74, 6) is -0.237. The zero-order chi connectivity index (χ0) is 19.3. The molecule has 0 aliphatic heterocycles. The van der Waals surface area contributed by atoms with Crippen molar-refractivity contribution in [3.8, 4) is 5.75 Å². The summed E-state index contributed by atoms with van der Waals surface area (Å²) < 4.78 is 64.9. The number of hydrogen-bond donors (Lipinski definition) is 3. The van der Waals surface area contributed by atoms with E-state index in [4.69, 9.17) is 5.73 Å². The molecule has 11 heteroatoms. The third-order valence-electron chi connectivity index (χ3n) is 2.76. The van der Waals surface area contributed by atoms with Crippen LogP contribution in [-0.4, -0.2) is 39.1 Å². The van der Waals surface area contributed by atoms with E-state index >= 15 is 0 Å². The molecule has 0 saturated heterocycles. The summed E-state index contributed by atoms with van der Waals surface area (Å²) in [6.45, 7) is 3.69. The topological polar surface area (TPSA) is 106 Å². The number of aliphatic imine (C=N–C) groups is 1. The fourth-order valence-electron chi connectivity index (χ4n) is 1.88. The Morgan fingerprint density at radius 2 is 1.80 bits per heavy atom. The fraction of sp³-hybridized carbons (Fsp3) is 0.500. The molecule has 1 aromatic rings. The van der Waals surface area contributed by atoms with Gasteiger partial charge in [-0.1, -0.05) is 12.1 Å². The fourth-order valence-corrected chi connectivity index (χ4v) is 2.95. The van der Waals surface area contributed by atoms with Gasteiger partial charge in [-0.15, -0.1) is 13.2 Å². The van der Waals surface area contributed by atoms with E-state index < -0.39 is 21.9 Å². The molecule has 0 saturated carbocycles. The van der Waals surface area contributed by atoms with Crippen LogP contribution >= 0.6 is 0 Å². The Labute approximate surface area is 144 Å². The van der Waals surface area contributed by atoms with E-state index in [2.05, 4.69) is 19.8 Å². The first-order chi connectivity index (χ1) is 11.3. The highest BCUT2D eigenvalue weighted by atomic mass is 32.2. The first-order valence-corrected chi connectivity index (χ1v) is 9.02. The number of nitrogens with two attached hydrogens (primary N) is 1. The van der Waals surface area contributed by atoms with Crippen LogP contribution in [0.4, 0.5) is 13.2 Å². The molecular formula is C14H21F3N4O3S. The number of alkyl halides is 3. The molecule has 0 unspecified atom stereocenters. The van der Waals surface area contributed by atoms with Crippen LogP contribution in [0.3, 0.4) is 0 Å². The number of benzene rings is 1. The van der Waals surface area contributed by atoms with E-state index in [-0.39, 0.29) is 24.8 Å². The average Bonchev–Trinajstić information content (AvgIpc) is 2.40. The number of halogens is 3. The van der Waals surface area contributed by atoms with Crippen molar-refractivity contribution in [1.29, 1.82) is 0 Å². The van der Waals surface area contributed by atoms with Crippen molar-refractivity contribution in [2.75, 3.05) is 12.8 Å². The Kier molecular flexibility index (Phi) is 6.66. The first kappa shape index (κ1) is 21.0. The zero-order valence-corrected chi connectivity index (χ0v) is 14.8. The maximum absolute atomic E-state index is 12.1. The summed E-state index contributed by atoms with van der Waals surface area (Å²) in [5.41, 5.74) is 5.55. The Morgan fingerprint density at radius 3 is 2.28 bits per heavy atom. The number of guanidine groups is 1. The Balaban J connectivity index is 2.55. The standard InChI is InChI=1S/C14H21F3N4O3S/c1-13(2,21-25(3,22)23)9-20-12(18)19-8-10-4-6-11(7-5-10)24-14(15,16)17/h4-7,21H,8-9H2,1-3H3,(H3,18,19,20). The summed E-state index contributed by atoms with van der Waals surface area (Å²) >= 11 is 0. The average molecular weight is 382 g/mol. The summed E-state index contributed by atoms with van der Waals surface area (Å²) in [5, 5.41) is 2.79. The van der Waals surface area contributed by atoms with Crippen LogP contribution in [0.15, 0.2) is 29.3 Å². The van der Waals surface area contributed by atoms with Crippen LogP contribution in [-0.2, 0) is 16.6 Å². The molecule has 142 valence electrons. The van der Waals surface area contributed by atoms with Crippen molar-refractivity contribution >= 4 is 16.0 Å². The lowest BCUT2D eigenvalue weighted by Crippen LogP contribution is -2.52. The molecule has 0 amide bonds. The predicted octanol–water partition coefficient (Wildman–Crippen LogP) is 1.32. The van der Waals surface area contributed by atoms with Crippen molar-refractivity contribution in [1.82, 2.24) is 10.0 Å². The number of nitrogens with zero attached hydrogens (tertiary/aromatic N) is 1. The van der Waals surface area contributed by atoms with Crippen LogP contribution < -0.4 is 20.5 Å². The van der Waals surface area contributed by atoms with Gasteiger partial charge in [0.05, 0.1) is 12.8 Å². The van der Waals surface area contributed by atoms with Crippen LogP contribution in [0.1, 0.15) is 19.4 Å². The van der Waals surface area contributed by atoms with Crippen molar-refractivity contribution in [3.05, 3.63) is 29.8 Å². The Hall–Kier alpha value is -2.01. The monoisotopic (exact) mass is 382 g/mol. The van der Waals surface area contributed by atoms with Crippen LogP contribution in [0.5, 0.6) is 5.75 Å². The van der Waals surface area contributed by atoms with Crippen molar-refractivity contribution in [2.45, 2.75) is 32.3 Å². The van der Waals surface area contributed by atoms with E-state index in [1.165, 1.54) is 24.3 Å². The molecule has 1 rings (SSSR count). The number of nitrogens with one attached hydrogen (secondary N) is 2. The maximum Gasteiger partial charge on any atom is 0.573 e. The van der Waals surface area contributed by atoms with E-state index in [1.807, 2.05) is 0 Å². The van der Waals surface area contributed by atoms with Crippen LogP contribution in [0, 0.1) is 0 Å². The number of ether oxygens (including phenoxy) is 1. The lowest BCUT2D eigenvalue weighted by Gasteiger charge is -2.25. The smallest absolute Gasteiger partial charge is 0.406 e. The van der Waals surface area contributed by atoms with Crippen molar-refractivity contribution in [2.24, 2.45) is 10.7 Å². The van der Waals surface area contributed by atoms with Crippen LogP contribution in [0.25, 0.3) is 0 Å². The minimum absolute atomic E-state index is 0.0824. The van der Waals surface area contributed by atoms with Gasteiger partial charge >= 0.3 is 6.36 Å². The number of sulfonamides is 1. The Morgan fingerprint density at radius 1 is 1.24 bits per heavy atom. The van der Waals surface area contributed by atoms with Gasteiger partial charge in [0, 0.05) is 12.1 Å². The van der Waals surface area contributed by atoms with Crippen LogP contribution in [0.2, 0.25) is 0 Å². The van der Waals surface area contributed by atoms with Gasteiger partial charge in [-0.2, -0.15) is 0 Å². The maximum atomic E-state index is 12.1. The summed E-state index contributed by atoms with van der Waals surface area (Å²) in [4.78, 5) is 4.04. The summed E-state index contributed by atoms with van der Waals surface area (Å²) in [7, 11) is -3.36. The normalized spacial score (nSPS) is 13.6. The lowest BCUT2D eigenvalue weighted by molar-refractivity contribution is -0.274. The molecule has 1 aromatic carbocycles. The number of rotatable bonds is 7. The van der Waals surface area contributed by atoms with Gasteiger partial charge in [-0.25, -0.2) is 18.1 Å². The molecule has 0 aliphatic carbocycles. The molecule has 0 radical (unpaired) electrons. The molecule has 4 N–H and O–H groups in total. The summed E-state index contributed by atoms with van der Waals surface area (Å²) in [6, 6.07) is 5.24. The largest absolute Gasteiger partial charge is 0.573 e. The second-order valence-corrected chi connectivity index (χ2v) is 7.75. The molecule has 0 spiro atoms. The molecule has 7 nitrogen and oxygen atoms in total. The first-order valence-electron chi connectivity index (χ1n) is 7.13. The third-order valence-corrected chi connectivity index (χ3v) is 3.69. The molecule has 0 fully saturated rings. The predicted molar refractivity (Wildman–Crippen MR) is 88.5 cm³/mol. The van der Waals surface area contributed by atoms with E-state index in [0.717, 1.165) is 6.26 Å². The minimum Gasteiger partial charge on any atom is -0.406 e. The molecular weight excluding hydrogens is 361 g/mol. The molecule has 0 bridgehead atoms. The minimum atomic E-state index is -4.74. The molecule has 25 heavy (non-hydrogen) atoms. The van der Waals surface area contributed by atoms with E-state index in [1.54, 1.807) is 13.8 Å². The van der Waals surface area contributed by atoms with Gasteiger partial charge in [-0.3, -0.25) is 0 Å². The third kappa shape index (κ3) is 9.77. The molecule has 0 aliphatic rings. The lowest BCUT2D eigenvalue weighted by atomic mass is 10.1. The second-order valence-electron chi connectivity index (χ2n) is 6.00. The van der Waals surface area contributed by atoms with Gasteiger partial charge in [0.15, 0.2) is 5.96 Å². The Bertz CT molecular complexity index is 701. The SMILES string of the molecule is CC(C)(CNC(N)=NCc1ccc(OC(F)(F)F)cc1)NS(C)(=O)=O. The van der Waals surface area contributed by atoms with E-state index in [9.17, 15) is 21.6 Å². The molecule has 0 atom stereocenters. The summed E-state index contributed by atoms with van der Waals surface area (Å²) in [6.07, 6.45) is -3.68. The highest BCUT2D eigenvalue weighted by Crippen LogP contribution is 2.22. The number of hydrogen-bond acceptors (Lipinski definition) is 4. The van der Waals surface area contributed by atoms with Gasteiger partial charge < -0.3 is 15.8 Å².